The molecule has 0 radical (unpaired) electrons. The van der Waals surface area contributed by atoms with Crippen molar-refractivity contribution < 1.29 is 0 Å². The molecule has 0 saturated carbocycles. The van der Waals surface area contributed by atoms with Gasteiger partial charge in [-0.05, 0) is 20.8 Å². The molecule has 0 aliphatic heterocycles. The second kappa shape index (κ2) is 5.77. The van der Waals surface area contributed by atoms with Crippen LogP contribution in [0, 0.1) is 6.92 Å². The fourth-order valence-electron chi connectivity index (χ4n) is 1.55. The smallest absolute Gasteiger partial charge is 0.224 e. The van der Waals surface area contributed by atoms with Gasteiger partial charge in [-0.1, -0.05) is 0 Å². The fraction of sp³-hybridized carbons (Fsp3) is 0.417. The molecule has 0 aliphatic carbocycles. The van der Waals surface area contributed by atoms with Crippen molar-refractivity contribution in [3.05, 3.63) is 28.3 Å². The number of nitrogens with one attached hydrogen (secondary N) is 2. The predicted molar refractivity (Wildman–Crippen MR) is 75.1 cm³/mol. The molecule has 96 valence electrons. The zero-order chi connectivity index (χ0) is 13.0. The molecule has 2 aromatic rings. The van der Waals surface area contributed by atoms with Gasteiger partial charge in [0.2, 0.25) is 5.95 Å². The van der Waals surface area contributed by atoms with Crippen LogP contribution in [0.1, 0.15) is 30.5 Å². The van der Waals surface area contributed by atoms with Crippen molar-refractivity contribution in [2.24, 2.45) is 0 Å². The van der Waals surface area contributed by atoms with E-state index in [9.17, 15) is 0 Å². The van der Waals surface area contributed by atoms with Gasteiger partial charge in [0.25, 0.3) is 0 Å². The van der Waals surface area contributed by atoms with Crippen molar-refractivity contribution >= 4 is 23.1 Å². The molecule has 18 heavy (non-hydrogen) atoms. The maximum absolute atomic E-state index is 4.46. The molecule has 5 nitrogen and oxygen atoms in total. The SMILES string of the molecule is CCNc1ncc(C)c(NC(C)c2nccs2)n1. The molecule has 2 aromatic heterocycles. The summed E-state index contributed by atoms with van der Waals surface area (Å²) in [6, 6.07) is 0.146. The lowest BCUT2D eigenvalue weighted by Crippen LogP contribution is -2.11. The predicted octanol–water partition coefficient (Wildman–Crippen LogP) is 2.85. The first kappa shape index (κ1) is 12.8. The maximum Gasteiger partial charge on any atom is 0.224 e. The monoisotopic (exact) mass is 263 g/mol. The molecule has 0 aliphatic rings. The molecule has 6 heteroatoms. The number of aryl methyl sites for hydroxylation is 1. The number of hydrogen-bond donors (Lipinski definition) is 2. The van der Waals surface area contributed by atoms with Crippen LogP contribution in [-0.2, 0) is 0 Å². The molecule has 1 unspecified atom stereocenters. The molecular weight excluding hydrogens is 246 g/mol. The second-order valence-corrected chi connectivity index (χ2v) is 4.92. The van der Waals surface area contributed by atoms with Crippen LogP contribution >= 0.6 is 11.3 Å². The molecule has 0 bridgehead atoms. The zero-order valence-corrected chi connectivity index (χ0v) is 11.6. The summed E-state index contributed by atoms with van der Waals surface area (Å²) in [6.45, 7) is 6.90. The Bertz CT molecular complexity index is 497. The van der Waals surface area contributed by atoms with E-state index in [1.165, 1.54) is 0 Å². The summed E-state index contributed by atoms with van der Waals surface area (Å²) < 4.78 is 0. The van der Waals surface area contributed by atoms with Gasteiger partial charge in [-0.3, -0.25) is 0 Å². The summed E-state index contributed by atoms with van der Waals surface area (Å²) >= 11 is 1.64. The van der Waals surface area contributed by atoms with E-state index in [0.717, 1.165) is 22.9 Å². The summed E-state index contributed by atoms with van der Waals surface area (Å²) in [4.78, 5) is 13.0. The summed E-state index contributed by atoms with van der Waals surface area (Å²) in [6.07, 6.45) is 3.64. The van der Waals surface area contributed by atoms with Gasteiger partial charge in [0.1, 0.15) is 10.8 Å². The highest BCUT2D eigenvalue weighted by molar-refractivity contribution is 7.09. The molecule has 2 N–H and O–H groups in total. The van der Waals surface area contributed by atoms with Crippen molar-refractivity contribution in [1.82, 2.24) is 15.0 Å². The van der Waals surface area contributed by atoms with E-state index >= 15 is 0 Å². The van der Waals surface area contributed by atoms with E-state index in [0.29, 0.717) is 5.95 Å². The van der Waals surface area contributed by atoms with Gasteiger partial charge in [0, 0.05) is 29.9 Å². The number of nitrogens with zero attached hydrogens (tertiary/aromatic N) is 3. The summed E-state index contributed by atoms with van der Waals surface area (Å²) in [5.41, 5.74) is 1.03. The van der Waals surface area contributed by atoms with Crippen LogP contribution < -0.4 is 10.6 Å². The van der Waals surface area contributed by atoms with Crippen LogP contribution in [0.2, 0.25) is 0 Å². The van der Waals surface area contributed by atoms with Crippen LogP contribution in [0.3, 0.4) is 0 Å². The van der Waals surface area contributed by atoms with E-state index in [2.05, 4.69) is 32.5 Å². The number of aromatic nitrogens is 3. The summed E-state index contributed by atoms with van der Waals surface area (Å²) in [5.74, 6) is 1.50. The third kappa shape index (κ3) is 2.95. The van der Waals surface area contributed by atoms with Crippen LogP contribution in [0.4, 0.5) is 11.8 Å². The van der Waals surface area contributed by atoms with Crippen LogP contribution in [0.5, 0.6) is 0 Å². The van der Waals surface area contributed by atoms with Gasteiger partial charge < -0.3 is 10.6 Å². The van der Waals surface area contributed by atoms with Crippen LogP contribution in [0.15, 0.2) is 17.8 Å². The van der Waals surface area contributed by atoms with Gasteiger partial charge in [-0.2, -0.15) is 4.98 Å². The van der Waals surface area contributed by atoms with Gasteiger partial charge in [0.05, 0.1) is 6.04 Å². The molecule has 0 aromatic carbocycles. The number of thiazole rings is 1. The molecular formula is C12H17N5S. The zero-order valence-electron chi connectivity index (χ0n) is 10.8. The standard InChI is InChI=1S/C12H17N5S/c1-4-13-12-15-7-8(2)10(17-12)16-9(3)11-14-5-6-18-11/h5-7,9H,4H2,1-3H3,(H2,13,15,16,17). The highest BCUT2D eigenvalue weighted by atomic mass is 32.1. The molecule has 0 fully saturated rings. The Kier molecular flexibility index (Phi) is 4.09. The number of hydrogen-bond acceptors (Lipinski definition) is 6. The van der Waals surface area contributed by atoms with Crippen molar-refractivity contribution in [3.8, 4) is 0 Å². The van der Waals surface area contributed by atoms with Gasteiger partial charge in [-0.15, -0.1) is 11.3 Å². The minimum atomic E-state index is 0.146. The maximum atomic E-state index is 4.46. The molecule has 0 saturated heterocycles. The topological polar surface area (TPSA) is 62.7 Å². The largest absolute Gasteiger partial charge is 0.361 e. The van der Waals surface area contributed by atoms with E-state index in [1.54, 1.807) is 11.3 Å². The van der Waals surface area contributed by atoms with Crippen molar-refractivity contribution in [3.63, 3.8) is 0 Å². The fourth-order valence-corrected chi connectivity index (χ4v) is 2.19. The average Bonchev–Trinajstić information content (AvgIpc) is 2.87. The summed E-state index contributed by atoms with van der Waals surface area (Å²) in [5, 5.41) is 9.51. The first-order chi connectivity index (χ1) is 8.70. The molecule has 0 amide bonds. The lowest BCUT2D eigenvalue weighted by molar-refractivity contribution is 0.855. The molecule has 1 atom stereocenters. The molecule has 2 rings (SSSR count). The Morgan fingerprint density at radius 3 is 2.89 bits per heavy atom. The first-order valence-electron chi connectivity index (χ1n) is 5.94. The molecule has 0 spiro atoms. The van der Waals surface area contributed by atoms with Gasteiger partial charge >= 0.3 is 0 Å². The van der Waals surface area contributed by atoms with E-state index in [-0.39, 0.29) is 6.04 Å². The molecule has 2 heterocycles. The first-order valence-corrected chi connectivity index (χ1v) is 6.82. The third-order valence-corrected chi connectivity index (χ3v) is 3.44. The Hall–Kier alpha value is -1.69. The normalized spacial score (nSPS) is 12.2. The van der Waals surface area contributed by atoms with Crippen molar-refractivity contribution in [2.45, 2.75) is 26.8 Å². The van der Waals surface area contributed by atoms with Crippen LogP contribution in [0.25, 0.3) is 0 Å². The average molecular weight is 263 g/mol. The highest BCUT2D eigenvalue weighted by Crippen LogP contribution is 2.22. The minimum Gasteiger partial charge on any atom is -0.361 e. The Morgan fingerprint density at radius 2 is 2.22 bits per heavy atom. The van der Waals surface area contributed by atoms with E-state index < -0.39 is 0 Å². The number of anilines is 2. The van der Waals surface area contributed by atoms with Gasteiger partial charge in [-0.25, -0.2) is 9.97 Å². The second-order valence-electron chi connectivity index (χ2n) is 3.99. The Balaban J connectivity index is 2.15. The lowest BCUT2D eigenvalue weighted by atomic mass is 10.3. The van der Waals surface area contributed by atoms with Gasteiger partial charge in [0.15, 0.2) is 0 Å². The summed E-state index contributed by atoms with van der Waals surface area (Å²) in [7, 11) is 0. The van der Waals surface area contributed by atoms with E-state index in [4.69, 9.17) is 0 Å². The van der Waals surface area contributed by atoms with E-state index in [1.807, 2.05) is 31.6 Å². The van der Waals surface area contributed by atoms with Crippen LogP contribution in [-0.4, -0.2) is 21.5 Å². The lowest BCUT2D eigenvalue weighted by Gasteiger charge is -2.14. The Morgan fingerprint density at radius 1 is 1.39 bits per heavy atom. The quantitative estimate of drug-likeness (QED) is 0.868. The Labute approximate surface area is 111 Å². The third-order valence-electron chi connectivity index (χ3n) is 2.48. The highest BCUT2D eigenvalue weighted by Gasteiger charge is 2.11. The minimum absolute atomic E-state index is 0.146. The number of rotatable bonds is 5. The van der Waals surface area contributed by atoms with Crippen molar-refractivity contribution in [1.29, 1.82) is 0 Å². The van der Waals surface area contributed by atoms with Crippen molar-refractivity contribution in [2.75, 3.05) is 17.2 Å².